The fourth-order valence-electron chi connectivity index (χ4n) is 1.23. The van der Waals surface area contributed by atoms with Crippen molar-refractivity contribution in [2.24, 2.45) is 11.8 Å². The quantitative estimate of drug-likeness (QED) is 0.556. The van der Waals surface area contributed by atoms with E-state index >= 15 is 0 Å². The van der Waals surface area contributed by atoms with Crippen molar-refractivity contribution in [3.8, 4) is 0 Å². The molecule has 2 nitrogen and oxygen atoms in total. The minimum atomic E-state index is -0.673. The van der Waals surface area contributed by atoms with Crippen LogP contribution >= 0.6 is 15.9 Å². The number of carboxylic acid groups (broad SMARTS) is 1. The van der Waals surface area contributed by atoms with Gasteiger partial charge < -0.3 is 5.11 Å². The molecule has 1 N–H and O–H groups in total. The highest BCUT2D eigenvalue weighted by Crippen LogP contribution is 2.18. The zero-order valence-electron chi connectivity index (χ0n) is 8.42. The molecule has 78 valence electrons. The van der Waals surface area contributed by atoms with Crippen LogP contribution in [0.25, 0.3) is 0 Å². The number of aliphatic carboxylic acids is 1. The normalized spacial score (nSPS) is 15.3. The van der Waals surface area contributed by atoms with Crippen LogP contribution < -0.4 is 0 Å². The smallest absolute Gasteiger partial charge is 0.306 e. The molecule has 0 fully saturated rings. The Labute approximate surface area is 88.8 Å². The summed E-state index contributed by atoms with van der Waals surface area (Å²) in [5.74, 6) is -0.579. The maximum atomic E-state index is 10.6. The number of halogens is 1. The van der Waals surface area contributed by atoms with E-state index in [1.54, 1.807) is 6.92 Å². The third-order valence-corrected chi connectivity index (χ3v) is 3.10. The summed E-state index contributed by atoms with van der Waals surface area (Å²) >= 11 is 3.37. The first-order valence-electron chi connectivity index (χ1n) is 4.88. The maximum Gasteiger partial charge on any atom is 0.306 e. The van der Waals surface area contributed by atoms with E-state index in [2.05, 4.69) is 15.9 Å². The van der Waals surface area contributed by atoms with E-state index in [9.17, 15) is 4.79 Å². The standard InChI is InChI=1S/C10H19BrO2/c1-8(9(2)10(12)13)6-4-3-5-7-11/h8-9H,3-7H2,1-2H3,(H,12,13). The Balaban J connectivity index is 3.50. The average molecular weight is 251 g/mol. The van der Waals surface area contributed by atoms with Crippen molar-refractivity contribution in [2.45, 2.75) is 39.5 Å². The Kier molecular flexibility index (Phi) is 7.33. The molecule has 0 aliphatic heterocycles. The van der Waals surface area contributed by atoms with E-state index in [1.165, 1.54) is 12.8 Å². The number of rotatable bonds is 7. The van der Waals surface area contributed by atoms with Crippen LogP contribution in [-0.2, 0) is 4.79 Å². The number of carboxylic acids is 1. The molecule has 0 heterocycles. The lowest BCUT2D eigenvalue weighted by atomic mass is 9.91. The van der Waals surface area contributed by atoms with Crippen molar-refractivity contribution in [3.63, 3.8) is 0 Å². The molecule has 0 saturated carbocycles. The SMILES string of the molecule is CC(CCCCCBr)C(C)C(=O)O. The second kappa shape index (κ2) is 7.36. The highest BCUT2D eigenvalue weighted by molar-refractivity contribution is 9.09. The van der Waals surface area contributed by atoms with E-state index < -0.39 is 5.97 Å². The van der Waals surface area contributed by atoms with Gasteiger partial charge >= 0.3 is 5.97 Å². The largest absolute Gasteiger partial charge is 0.481 e. The molecule has 0 aliphatic rings. The molecule has 2 unspecified atom stereocenters. The van der Waals surface area contributed by atoms with Gasteiger partial charge in [-0.05, 0) is 18.8 Å². The predicted molar refractivity (Wildman–Crippen MR) is 58.2 cm³/mol. The van der Waals surface area contributed by atoms with Gasteiger partial charge in [-0.25, -0.2) is 0 Å². The summed E-state index contributed by atoms with van der Waals surface area (Å²) in [7, 11) is 0. The van der Waals surface area contributed by atoms with Gasteiger partial charge in [0.05, 0.1) is 5.92 Å². The molecule has 0 saturated heterocycles. The molecule has 0 aromatic rings. The van der Waals surface area contributed by atoms with Gasteiger partial charge in [0.2, 0.25) is 0 Å². The predicted octanol–water partition coefficient (Wildman–Crippen LogP) is 3.30. The van der Waals surface area contributed by atoms with Crippen LogP contribution in [0.3, 0.4) is 0 Å². The van der Waals surface area contributed by atoms with Gasteiger partial charge in [-0.1, -0.05) is 42.6 Å². The van der Waals surface area contributed by atoms with Gasteiger partial charge in [0.15, 0.2) is 0 Å². The van der Waals surface area contributed by atoms with Crippen LogP contribution in [0.15, 0.2) is 0 Å². The van der Waals surface area contributed by atoms with Gasteiger partial charge in [0, 0.05) is 5.33 Å². The van der Waals surface area contributed by atoms with Crippen molar-refractivity contribution in [1.82, 2.24) is 0 Å². The third kappa shape index (κ3) is 6.08. The first-order valence-corrected chi connectivity index (χ1v) is 6.00. The summed E-state index contributed by atoms with van der Waals surface area (Å²) in [6.07, 6.45) is 4.56. The highest BCUT2D eigenvalue weighted by atomic mass is 79.9. The number of carbonyl (C=O) groups is 1. The average Bonchev–Trinajstić information content (AvgIpc) is 2.10. The fraction of sp³-hybridized carbons (Fsp3) is 0.900. The molecule has 0 aromatic carbocycles. The number of alkyl halides is 1. The van der Waals surface area contributed by atoms with E-state index in [0.29, 0.717) is 5.92 Å². The van der Waals surface area contributed by atoms with Crippen LogP contribution in [0.5, 0.6) is 0 Å². The summed E-state index contributed by atoms with van der Waals surface area (Å²) in [6.45, 7) is 3.81. The van der Waals surface area contributed by atoms with Crippen molar-refractivity contribution >= 4 is 21.9 Å². The molecule has 0 spiro atoms. The Morgan fingerprint density at radius 1 is 1.31 bits per heavy atom. The molecule has 0 bridgehead atoms. The summed E-state index contributed by atoms with van der Waals surface area (Å²) in [6, 6.07) is 0. The number of unbranched alkanes of at least 4 members (excludes halogenated alkanes) is 2. The summed E-state index contributed by atoms with van der Waals surface area (Å²) in [5.41, 5.74) is 0. The minimum absolute atomic E-state index is 0.205. The Morgan fingerprint density at radius 3 is 2.38 bits per heavy atom. The van der Waals surface area contributed by atoms with E-state index in [4.69, 9.17) is 5.11 Å². The van der Waals surface area contributed by atoms with Gasteiger partial charge in [0.1, 0.15) is 0 Å². The van der Waals surface area contributed by atoms with E-state index in [1.807, 2.05) is 6.92 Å². The van der Waals surface area contributed by atoms with E-state index in [-0.39, 0.29) is 5.92 Å². The number of hydrogen-bond acceptors (Lipinski definition) is 1. The molecular weight excluding hydrogens is 232 g/mol. The zero-order valence-corrected chi connectivity index (χ0v) is 10.0. The van der Waals surface area contributed by atoms with E-state index in [0.717, 1.165) is 18.2 Å². The Morgan fingerprint density at radius 2 is 1.92 bits per heavy atom. The Hall–Kier alpha value is -0.0500. The summed E-state index contributed by atoms with van der Waals surface area (Å²) in [5, 5.41) is 9.80. The van der Waals surface area contributed by atoms with Crippen LogP contribution in [0.1, 0.15) is 39.5 Å². The molecule has 13 heavy (non-hydrogen) atoms. The summed E-state index contributed by atoms with van der Waals surface area (Å²) < 4.78 is 0. The first kappa shape index (κ1) is 12.9. The van der Waals surface area contributed by atoms with Crippen molar-refractivity contribution in [3.05, 3.63) is 0 Å². The second-order valence-electron chi connectivity index (χ2n) is 3.64. The monoisotopic (exact) mass is 250 g/mol. The van der Waals surface area contributed by atoms with Gasteiger partial charge in [0.25, 0.3) is 0 Å². The molecule has 2 atom stereocenters. The van der Waals surface area contributed by atoms with Crippen LogP contribution in [0, 0.1) is 11.8 Å². The molecule has 0 rings (SSSR count). The van der Waals surface area contributed by atoms with Crippen LogP contribution in [0.2, 0.25) is 0 Å². The van der Waals surface area contributed by atoms with Crippen molar-refractivity contribution in [1.29, 1.82) is 0 Å². The van der Waals surface area contributed by atoms with Crippen LogP contribution in [-0.4, -0.2) is 16.4 Å². The van der Waals surface area contributed by atoms with Gasteiger partial charge in [-0.15, -0.1) is 0 Å². The lowest BCUT2D eigenvalue weighted by Gasteiger charge is -2.15. The molecule has 0 aliphatic carbocycles. The van der Waals surface area contributed by atoms with Gasteiger partial charge in [-0.3, -0.25) is 4.79 Å². The second-order valence-corrected chi connectivity index (χ2v) is 4.44. The minimum Gasteiger partial charge on any atom is -0.481 e. The molecule has 0 amide bonds. The lowest BCUT2D eigenvalue weighted by molar-refractivity contribution is -0.142. The van der Waals surface area contributed by atoms with Crippen molar-refractivity contribution < 1.29 is 9.90 Å². The lowest BCUT2D eigenvalue weighted by Crippen LogP contribution is -2.17. The fourth-order valence-corrected chi connectivity index (χ4v) is 1.63. The van der Waals surface area contributed by atoms with Crippen LogP contribution in [0.4, 0.5) is 0 Å². The van der Waals surface area contributed by atoms with Gasteiger partial charge in [-0.2, -0.15) is 0 Å². The number of hydrogen-bond donors (Lipinski definition) is 1. The molecular formula is C10H19BrO2. The molecule has 3 heteroatoms. The first-order chi connectivity index (χ1) is 6.09. The highest BCUT2D eigenvalue weighted by Gasteiger charge is 2.18. The molecule has 0 radical (unpaired) electrons. The zero-order chi connectivity index (χ0) is 10.3. The third-order valence-electron chi connectivity index (χ3n) is 2.54. The molecule has 0 aromatic heterocycles. The maximum absolute atomic E-state index is 10.6. The van der Waals surface area contributed by atoms with Crippen molar-refractivity contribution in [2.75, 3.05) is 5.33 Å². The topological polar surface area (TPSA) is 37.3 Å². The summed E-state index contributed by atoms with van der Waals surface area (Å²) in [4.78, 5) is 10.6. The Bertz CT molecular complexity index is 148.